The summed E-state index contributed by atoms with van der Waals surface area (Å²) in [6.45, 7) is 0.429. The minimum atomic E-state index is -0.144. The van der Waals surface area contributed by atoms with Gasteiger partial charge in [-0.3, -0.25) is 9.59 Å². The van der Waals surface area contributed by atoms with Gasteiger partial charge in [0.15, 0.2) is 5.78 Å². The van der Waals surface area contributed by atoms with Crippen LogP contribution in [0.25, 0.3) is 0 Å². The maximum atomic E-state index is 12.9. The van der Waals surface area contributed by atoms with Gasteiger partial charge in [-0.15, -0.1) is 0 Å². The summed E-state index contributed by atoms with van der Waals surface area (Å²) < 4.78 is 6.84. The Kier molecular flexibility index (Phi) is 7.41. The summed E-state index contributed by atoms with van der Waals surface area (Å²) in [6, 6.07) is 24.7. The summed E-state index contributed by atoms with van der Waals surface area (Å²) >= 11 is 2.23. The van der Waals surface area contributed by atoms with E-state index in [9.17, 15) is 9.59 Å². The molecule has 0 aromatic heterocycles. The molecule has 0 unspecified atom stereocenters. The number of Topliss-reactive ketones (excluding diaryl/α,β-unsaturated/α-hetero) is 1. The van der Waals surface area contributed by atoms with Gasteiger partial charge < -0.3 is 9.64 Å². The third-order valence-electron chi connectivity index (χ3n) is 4.43. The average molecular weight is 499 g/mol. The van der Waals surface area contributed by atoms with Gasteiger partial charge in [0.1, 0.15) is 12.4 Å². The zero-order valence-electron chi connectivity index (χ0n) is 16.2. The van der Waals surface area contributed by atoms with Crippen LogP contribution in [0.4, 0.5) is 0 Å². The van der Waals surface area contributed by atoms with Crippen LogP contribution in [-0.2, 0) is 17.8 Å². The van der Waals surface area contributed by atoms with E-state index >= 15 is 0 Å². The molecule has 1 amide bonds. The summed E-state index contributed by atoms with van der Waals surface area (Å²) in [4.78, 5) is 26.8. The number of benzene rings is 3. The van der Waals surface area contributed by atoms with Gasteiger partial charge >= 0.3 is 0 Å². The molecule has 0 fully saturated rings. The van der Waals surface area contributed by atoms with Gasteiger partial charge in [-0.25, -0.2) is 0 Å². The first-order valence-electron chi connectivity index (χ1n) is 9.30. The summed E-state index contributed by atoms with van der Waals surface area (Å²) in [5.74, 6) is 0.244. The van der Waals surface area contributed by atoms with Gasteiger partial charge in [-0.1, -0.05) is 54.6 Å². The molecule has 4 nitrogen and oxygen atoms in total. The van der Waals surface area contributed by atoms with E-state index in [0.29, 0.717) is 24.3 Å². The summed E-state index contributed by atoms with van der Waals surface area (Å²) in [5.41, 5.74) is 2.45. The molecular formula is C24H22INO3. The molecule has 0 bridgehead atoms. The lowest BCUT2D eigenvalue weighted by Crippen LogP contribution is -2.27. The number of hydrogen-bond donors (Lipinski definition) is 0. The first kappa shape index (κ1) is 21.0. The maximum absolute atomic E-state index is 12.9. The van der Waals surface area contributed by atoms with Gasteiger partial charge in [0.25, 0.3) is 5.91 Å². The van der Waals surface area contributed by atoms with Crippen LogP contribution in [0.3, 0.4) is 0 Å². The van der Waals surface area contributed by atoms with Crippen molar-refractivity contribution in [2.45, 2.75) is 13.0 Å². The van der Waals surface area contributed by atoms with E-state index < -0.39 is 0 Å². The summed E-state index contributed by atoms with van der Waals surface area (Å²) in [6.07, 6.45) is 0.306. The topological polar surface area (TPSA) is 46.6 Å². The van der Waals surface area contributed by atoms with Gasteiger partial charge in [0.05, 0.1) is 5.56 Å². The molecule has 0 aliphatic rings. The lowest BCUT2D eigenvalue weighted by molar-refractivity contribution is -0.120. The number of rotatable bonds is 8. The molecule has 0 heterocycles. The number of para-hydroxylation sites is 1. The molecule has 0 saturated heterocycles. The number of ketones is 1. The molecule has 0 atom stereocenters. The van der Waals surface area contributed by atoms with Crippen LogP contribution < -0.4 is 4.74 Å². The van der Waals surface area contributed by atoms with Crippen molar-refractivity contribution in [2.24, 2.45) is 0 Å². The van der Waals surface area contributed by atoms with E-state index in [0.717, 1.165) is 14.7 Å². The Morgan fingerprint density at radius 1 is 0.862 bits per heavy atom. The number of carbonyl (C=O) groups excluding carboxylic acids is 2. The number of hydrogen-bond acceptors (Lipinski definition) is 3. The Labute approximate surface area is 184 Å². The fourth-order valence-corrected chi connectivity index (χ4v) is 3.30. The van der Waals surface area contributed by atoms with Gasteiger partial charge in [-0.05, 0) is 58.0 Å². The molecule has 29 heavy (non-hydrogen) atoms. The molecule has 3 aromatic carbocycles. The van der Waals surface area contributed by atoms with Gasteiger partial charge in [0, 0.05) is 23.6 Å². The van der Waals surface area contributed by atoms with Crippen molar-refractivity contribution in [1.82, 2.24) is 4.90 Å². The second-order valence-corrected chi connectivity index (χ2v) is 8.02. The molecule has 0 aliphatic carbocycles. The van der Waals surface area contributed by atoms with Crippen LogP contribution in [-0.4, -0.2) is 30.2 Å². The molecule has 0 aliphatic heterocycles. The Bertz CT molecular complexity index is 971. The first-order valence-corrected chi connectivity index (χ1v) is 10.4. The molecule has 3 aromatic rings. The summed E-state index contributed by atoms with van der Waals surface area (Å²) in [5, 5.41) is 0. The SMILES string of the molecule is CN(Cc1ccccc1)C(=O)c1ccccc1OCC(=O)Cc1ccc(I)cc1. The minimum absolute atomic E-state index is 0.0360. The predicted molar refractivity (Wildman–Crippen MR) is 122 cm³/mol. The normalized spacial score (nSPS) is 10.4. The second kappa shape index (κ2) is 10.2. The minimum Gasteiger partial charge on any atom is -0.485 e. The molecule has 3 rings (SSSR count). The van der Waals surface area contributed by atoms with Crippen LogP contribution in [0.15, 0.2) is 78.9 Å². The number of amides is 1. The summed E-state index contributed by atoms with van der Waals surface area (Å²) in [7, 11) is 1.76. The van der Waals surface area contributed by atoms with E-state index in [1.807, 2.05) is 54.6 Å². The van der Waals surface area contributed by atoms with Crippen LogP contribution in [0.5, 0.6) is 5.75 Å². The van der Waals surface area contributed by atoms with Crippen molar-refractivity contribution in [3.63, 3.8) is 0 Å². The van der Waals surface area contributed by atoms with E-state index in [1.54, 1.807) is 36.2 Å². The number of nitrogens with zero attached hydrogens (tertiary/aromatic N) is 1. The van der Waals surface area contributed by atoms with Crippen molar-refractivity contribution >= 4 is 34.3 Å². The monoisotopic (exact) mass is 499 g/mol. The zero-order valence-corrected chi connectivity index (χ0v) is 18.3. The van der Waals surface area contributed by atoms with Crippen molar-refractivity contribution in [3.05, 3.63) is 99.1 Å². The third-order valence-corrected chi connectivity index (χ3v) is 5.15. The quantitative estimate of drug-likeness (QED) is 0.421. The van der Waals surface area contributed by atoms with Crippen LogP contribution in [0, 0.1) is 3.57 Å². The highest BCUT2D eigenvalue weighted by molar-refractivity contribution is 14.1. The standard InChI is InChI=1S/C24H22INO3/c1-26(16-19-7-3-2-4-8-19)24(28)22-9-5-6-10-23(22)29-17-21(27)15-18-11-13-20(25)14-12-18/h2-14H,15-17H2,1H3. The van der Waals surface area contributed by atoms with E-state index in [-0.39, 0.29) is 18.3 Å². The Morgan fingerprint density at radius 2 is 1.52 bits per heavy atom. The lowest BCUT2D eigenvalue weighted by atomic mass is 10.1. The maximum Gasteiger partial charge on any atom is 0.257 e. The largest absolute Gasteiger partial charge is 0.485 e. The fourth-order valence-electron chi connectivity index (χ4n) is 2.94. The van der Waals surface area contributed by atoms with Crippen molar-refractivity contribution in [2.75, 3.05) is 13.7 Å². The molecule has 0 radical (unpaired) electrons. The Hall–Kier alpha value is -2.67. The lowest BCUT2D eigenvalue weighted by Gasteiger charge is -2.19. The second-order valence-electron chi connectivity index (χ2n) is 6.77. The molecule has 5 heteroatoms. The number of carbonyl (C=O) groups is 2. The number of ether oxygens (including phenoxy) is 1. The van der Waals surface area contributed by atoms with Crippen LogP contribution >= 0.6 is 22.6 Å². The van der Waals surface area contributed by atoms with E-state index in [1.165, 1.54) is 0 Å². The number of halogens is 1. The van der Waals surface area contributed by atoms with Crippen molar-refractivity contribution in [1.29, 1.82) is 0 Å². The Balaban J connectivity index is 1.62. The first-order chi connectivity index (χ1) is 14.0. The highest BCUT2D eigenvalue weighted by atomic mass is 127. The molecular weight excluding hydrogens is 477 g/mol. The van der Waals surface area contributed by atoms with Crippen molar-refractivity contribution < 1.29 is 14.3 Å². The third kappa shape index (κ3) is 6.15. The smallest absolute Gasteiger partial charge is 0.257 e. The molecule has 0 spiro atoms. The molecule has 0 saturated carbocycles. The highest BCUT2D eigenvalue weighted by Gasteiger charge is 2.17. The zero-order chi connectivity index (χ0) is 20.6. The van der Waals surface area contributed by atoms with Gasteiger partial charge in [-0.2, -0.15) is 0 Å². The van der Waals surface area contributed by atoms with E-state index in [2.05, 4.69) is 22.6 Å². The Morgan fingerprint density at radius 3 is 2.24 bits per heavy atom. The molecule has 0 N–H and O–H groups in total. The van der Waals surface area contributed by atoms with Crippen molar-refractivity contribution in [3.8, 4) is 5.75 Å². The average Bonchev–Trinajstić information content (AvgIpc) is 2.74. The van der Waals surface area contributed by atoms with Crippen LogP contribution in [0.2, 0.25) is 0 Å². The highest BCUT2D eigenvalue weighted by Crippen LogP contribution is 2.20. The van der Waals surface area contributed by atoms with Crippen LogP contribution in [0.1, 0.15) is 21.5 Å². The fraction of sp³-hybridized carbons (Fsp3) is 0.167. The molecule has 148 valence electrons. The van der Waals surface area contributed by atoms with E-state index in [4.69, 9.17) is 4.74 Å². The predicted octanol–water partition coefficient (Wildman–Crippen LogP) is 4.75. The van der Waals surface area contributed by atoms with Gasteiger partial charge in [0.2, 0.25) is 0 Å².